The van der Waals surface area contributed by atoms with Crippen molar-refractivity contribution in [3.05, 3.63) is 119 Å². The summed E-state index contributed by atoms with van der Waals surface area (Å²) in [6.07, 6.45) is 14.6. The second kappa shape index (κ2) is 10.3. The van der Waals surface area contributed by atoms with E-state index in [4.69, 9.17) is 0 Å². The fourth-order valence-corrected chi connectivity index (χ4v) is 4.00. The van der Waals surface area contributed by atoms with Crippen LogP contribution in [0.1, 0.15) is 61.3 Å². The van der Waals surface area contributed by atoms with Crippen molar-refractivity contribution in [3.8, 4) is 0 Å². The molecule has 0 heterocycles. The standard InChI is InChI=1S/C31H33N/c1-4-25(3)28-18-22-31(23-19-28)32(29-8-6-5-7-9-29)30-20-16-27(17-21-30)15-14-26-12-10-24(2)11-13-26/h6,8-23,25H,4-5,7H2,1-3H3/b15-14+. The van der Waals surface area contributed by atoms with Crippen LogP contribution in [0.5, 0.6) is 0 Å². The minimum absolute atomic E-state index is 0.589. The predicted molar refractivity (Wildman–Crippen MR) is 140 cm³/mol. The molecular weight excluding hydrogens is 386 g/mol. The van der Waals surface area contributed by atoms with Crippen molar-refractivity contribution in [3.63, 3.8) is 0 Å². The molecule has 0 saturated heterocycles. The Labute approximate surface area is 193 Å². The van der Waals surface area contributed by atoms with E-state index in [1.165, 1.54) is 39.3 Å². The van der Waals surface area contributed by atoms with E-state index >= 15 is 0 Å². The fourth-order valence-electron chi connectivity index (χ4n) is 4.00. The summed E-state index contributed by atoms with van der Waals surface area (Å²) in [5, 5.41) is 0. The zero-order chi connectivity index (χ0) is 22.3. The molecule has 1 nitrogen and oxygen atoms in total. The monoisotopic (exact) mass is 419 g/mol. The highest BCUT2D eigenvalue weighted by atomic mass is 15.1. The minimum Gasteiger partial charge on any atom is -0.311 e. The number of anilines is 2. The topological polar surface area (TPSA) is 3.24 Å². The van der Waals surface area contributed by atoms with E-state index < -0.39 is 0 Å². The first-order chi connectivity index (χ1) is 15.6. The molecule has 32 heavy (non-hydrogen) atoms. The summed E-state index contributed by atoms with van der Waals surface area (Å²) in [6, 6.07) is 26.6. The summed E-state index contributed by atoms with van der Waals surface area (Å²) in [5.41, 5.74) is 8.76. The summed E-state index contributed by atoms with van der Waals surface area (Å²) < 4.78 is 0. The number of aryl methyl sites for hydroxylation is 1. The molecule has 3 aromatic carbocycles. The van der Waals surface area contributed by atoms with Gasteiger partial charge >= 0.3 is 0 Å². The first kappa shape index (κ1) is 21.9. The first-order valence-electron chi connectivity index (χ1n) is 11.8. The predicted octanol–water partition coefficient (Wildman–Crippen LogP) is 9.05. The Hall–Kier alpha value is -3.32. The van der Waals surface area contributed by atoms with Crippen molar-refractivity contribution >= 4 is 23.5 Å². The largest absolute Gasteiger partial charge is 0.311 e. The van der Waals surface area contributed by atoms with E-state index in [2.05, 4.69) is 129 Å². The lowest BCUT2D eigenvalue weighted by atomic mass is 9.98. The lowest BCUT2D eigenvalue weighted by molar-refractivity contribution is 0.733. The van der Waals surface area contributed by atoms with Gasteiger partial charge in [-0.3, -0.25) is 0 Å². The SMILES string of the molecule is CCC(C)c1ccc(N(C2=CCCC=C2)c2ccc(/C=C/c3ccc(C)cc3)cc2)cc1. The molecule has 0 aromatic heterocycles. The van der Waals surface area contributed by atoms with Crippen LogP contribution in [0.15, 0.2) is 96.7 Å². The normalized spacial score (nSPS) is 14.4. The van der Waals surface area contributed by atoms with Gasteiger partial charge in [0.1, 0.15) is 0 Å². The molecule has 0 fully saturated rings. The molecule has 0 bridgehead atoms. The van der Waals surface area contributed by atoms with E-state index in [0.717, 1.165) is 19.3 Å². The number of benzene rings is 3. The molecule has 1 heteroatoms. The molecule has 3 aromatic rings. The average molecular weight is 420 g/mol. The summed E-state index contributed by atoms with van der Waals surface area (Å²) in [7, 11) is 0. The summed E-state index contributed by atoms with van der Waals surface area (Å²) in [6.45, 7) is 6.66. The third-order valence-electron chi connectivity index (χ3n) is 6.26. The lowest BCUT2D eigenvalue weighted by Gasteiger charge is -2.28. The Balaban J connectivity index is 1.60. The van der Waals surface area contributed by atoms with E-state index in [1.54, 1.807) is 0 Å². The number of nitrogens with zero attached hydrogens (tertiary/aromatic N) is 1. The maximum absolute atomic E-state index is 2.36. The van der Waals surface area contributed by atoms with Gasteiger partial charge in [0.05, 0.1) is 0 Å². The molecule has 1 unspecified atom stereocenters. The summed E-state index contributed by atoms with van der Waals surface area (Å²) in [4.78, 5) is 2.36. The molecule has 0 radical (unpaired) electrons. The van der Waals surface area contributed by atoms with Crippen molar-refractivity contribution in [1.82, 2.24) is 0 Å². The highest BCUT2D eigenvalue weighted by molar-refractivity contribution is 5.74. The average Bonchev–Trinajstić information content (AvgIpc) is 2.85. The van der Waals surface area contributed by atoms with Crippen molar-refractivity contribution in [2.24, 2.45) is 0 Å². The highest BCUT2D eigenvalue weighted by Crippen LogP contribution is 2.33. The van der Waals surface area contributed by atoms with Gasteiger partial charge in [-0.1, -0.05) is 92.2 Å². The minimum atomic E-state index is 0.589. The van der Waals surface area contributed by atoms with Gasteiger partial charge < -0.3 is 4.90 Å². The number of allylic oxidation sites excluding steroid dienone is 3. The van der Waals surface area contributed by atoms with Crippen LogP contribution >= 0.6 is 0 Å². The van der Waals surface area contributed by atoms with Crippen LogP contribution in [0, 0.1) is 6.92 Å². The van der Waals surface area contributed by atoms with Crippen LogP contribution in [-0.4, -0.2) is 0 Å². The molecule has 0 saturated carbocycles. The Morgan fingerprint density at radius 2 is 1.34 bits per heavy atom. The lowest BCUT2D eigenvalue weighted by Crippen LogP contribution is -2.16. The summed E-state index contributed by atoms with van der Waals surface area (Å²) >= 11 is 0. The Morgan fingerprint density at radius 3 is 1.88 bits per heavy atom. The van der Waals surface area contributed by atoms with E-state index in [0.29, 0.717) is 5.92 Å². The van der Waals surface area contributed by atoms with Gasteiger partial charge in [0.25, 0.3) is 0 Å². The molecule has 1 aliphatic carbocycles. The Kier molecular flexibility index (Phi) is 7.07. The van der Waals surface area contributed by atoms with Gasteiger partial charge in [0, 0.05) is 17.1 Å². The van der Waals surface area contributed by atoms with Crippen LogP contribution < -0.4 is 4.90 Å². The third-order valence-corrected chi connectivity index (χ3v) is 6.26. The molecule has 162 valence electrons. The van der Waals surface area contributed by atoms with Crippen LogP contribution in [-0.2, 0) is 0 Å². The molecule has 0 amide bonds. The molecular formula is C31H33N. The van der Waals surface area contributed by atoms with Gasteiger partial charge in [0.15, 0.2) is 0 Å². The second-order valence-electron chi connectivity index (χ2n) is 8.68. The van der Waals surface area contributed by atoms with Crippen LogP contribution in [0.2, 0.25) is 0 Å². The molecule has 0 spiro atoms. The van der Waals surface area contributed by atoms with Crippen molar-refractivity contribution in [1.29, 1.82) is 0 Å². The van der Waals surface area contributed by atoms with Crippen molar-refractivity contribution in [2.75, 3.05) is 4.90 Å². The van der Waals surface area contributed by atoms with Gasteiger partial charge in [0.2, 0.25) is 0 Å². The fraction of sp³-hybridized carbons (Fsp3) is 0.226. The zero-order valence-corrected chi connectivity index (χ0v) is 19.5. The van der Waals surface area contributed by atoms with Gasteiger partial charge in [-0.25, -0.2) is 0 Å². The van der Waals surface area contributed by atoms with Crippen molar-refractivity contribution < 1.29 is 0 Å². The number of hydrogen-bond acceptors (Lipinski definition) is 1. The quantitative estimate of drug-likeness (QED) is 0.345. The molecule has 0 N–H and O–H groups in total. The second-order valence-corrected chi connectivity index (χ2v) is 8.68. The smallest absolute Gasteiger partial charge is 0.0461 e. The van der Waals surface area contributed by atoms with Crippen LogP contribution in [0.4, 0.5) is 11.4 Å². The number of hydrogen-bond donors (Lipinski definition) is 0. The van der Waals surface area contributed by atoms with E-state index in [9.17, 15) is 0 Å². The number of rotatable bonds is 7. The van der Waals surface area contributed by atoms with Gasteiger partial charge in [-0.2, -0.15) is 0 Å². The van der Waals surface area contributed by atoms with Crippen molar-refractivity contribution in [2.45, 2.75) is 46.0 Å². The zero-order valence-electron chi connectivity index (χ0n) is 19.5. The van der Waals surface area contributed by atoms with E-state index in [1.807, 2.05) is 0 Å². The van der Waals surface area contributed by atoms with Gasteiger partial charge in [-0.15, -0.1) is 0 Å². The van der Waals surface area contributed by atoms with Gasteiger partial charge in [-0.05, 0) is 79.1 Å². The van der Waals surface area contributed by atoms with E-state index in [-0.39, 0.29) is 0 Å². The molecule has 0 aliphatic heterocycles. The first-order valence-corrected chi connectivity index (χ1v) is 11.8. The Morgan fingerprint density at radius 1 is 0.781 bits per heavy atom. The molecule has 1 atom stereocenters. The molecule has 4 rings (SSSR count). The Bertz CT molecular complexity index is 1100. The maximum atomic E-state index is 2.36. The van der Waals surface area contributed by atoms with Crippen LogP contribution in [0.25, 0.3) is 12.2 Å². The summed E-state index contributed by atoms with van der Waals surface area (Å²) in [5.74, 6) is 0.589. The van der Waals surface area contributed by atoms with Crippen LogP contribution in [0.3, 0.4) is 0 Å². The maximum Gasteiger partial charge on any atom is 0.0461 e. The third kappa shape index (κ3) is 5.29. The highest BCUT2D eigenvalue weighted by Gasteiger charge is 2.15. The molecule has 1 aliphatic rings.